The molecule has 1 unspecified atom stereocenters. The summed E-state index contributed by atoms with van der Waals surface area (Å²) >= 11 is 1.48. The van der Waals surface area contributed by atoms with Crippen LogP contribution in [-0.4, -0.2) is 23.5 Å². The molecule has 1 fully saturated rings. The van der Waals surface area contributed by atoms with Gasteiger partial charge in [-0.2, -0.15) is 0 Å². The van der Waals surface area contributed by atoms with E-state index in [0.717, 1.165) is 35.8 Å². The number of Topliss-reactive ketones (excluding diaryl/α,β-unsaturated/α-hetero) is 1. The molecule has 1 aliphatic rings. The summed E-state index contributed by atoms with van der Waals surface area (Å²) < 4.78 is 5.48. The molecule has 0 spiro atoms. The van der Waals surface area contributed by atoms with Crippen LogP contribution >= 0.6 is 11.3 Å². The topological polar surface area (TPSA) is 39.2 Å². The molecule has 0 bridgehead atoms. The number of hydrogen-bond donors (Lipinski definition) is 0. The number of nitrogens with zero attached hydrogens (tertiary/aromatic N) is 1. The van der Waals surface area contributed by atoms with Gasteiger partial charge < -0.3 is 4.74 Å². The van der Waals surface area contributed by atoms with Crippen LogP contribution in [0, 0.1) is 6.92 Å². The number of aryl methyl sites for hydroxylation is 1. The SMILES string of the molecule is Cc1ncc(C(=O)CCC2CCCO2)s1. The highest BCUT2D eigenvalue weighted by Gasteiger charge is 2.17. The van der Waals surface area contributed by atoms with Crippen molar-refractivity contribution in [2.75, 3.05) is 6.61 Å². The van der Waals surface area contributed by atoms with Crippen molar-refractivity contribution in [1.29, 1.82) is 0 Å². The molecule has 2 heterocycles. The number of ether oxygens (including phenoxy) is 1. The highest BCUT2D eigenvalue weighted by molar-refractivity contribution is 7.13. The molecular formula is C11H15NO2S. The molecule has 4 heteroatoms. The second kappa shape index (κ2) is 4.86. The van der Waals surface area contributed by atoms with Crippen LogP contribution < -0.4 is 0 Å². The zero-order valence-electron chi connectivity index (χ0n) is 8.86. The van der Waals surface area contributed by atoms with Crippen LogP contribution in [0.3, 0.4) is 0 Å². The number of ketones is 1. The number of carbonyl (C=O) groups is 1. The maximum atomic E-state index is 11.7. The number of aromatic nitrogens is 1. The third-order valence-electron chi connectivity index (χ3n) is 2.61. The summed E-state index contributed by atoms with van der Waals surface area (Å²) in [6.07, 6.45) is 5.68. The van der Waals surface area contributed by atoms with Crippen LogP contribution in [0.4, 0.5) is 0 Å². The van der Waals surface area contributed by atoms with Crippen molar-refractivity contribution >= 4 is 17.1 Å². The number of hydrogen-bond acceptors (Lipinski definition) is 4. The molecule has 1 saturated heterocycles. The quantitative estimate of drug-likeness (QED) is 0.739. The van der Waals surface area contributed by atoms with Crippen molar-refractivity contribution in [2.24, 2.45) is 0 Å². The van der Waals surface area contributed by atoms with Gasteiger partial charge in [-0.15, -0.1) is 11.3 Å². The van der Waals surface area contributed by atoms with Crippen molar-refractivity contribution in [3.8, 4) is 0 Å². The van der Waals surface area contributed by atoms with Gasteiger partial charge >= 0.3 is 0 Å². The Labute approximate surface area is 93.5 Å². The van der Waals surface area contributed by atoms with Gasteiger partial charge in [0, 0.05) is 19.2 Å². The summed E-state index contributed by atoms with van der Waals surface area (Å²) in [7, 11) is 0. The zero-order chi connectivity index (χ0) is 10.7. The van der Waals surface area contributed by atoms with Crippen LogP contribution in [0.25, 0.3) is 0 Å². The predicted octanol–water partition coefficient (Wildman–Crippen LogP) is 2.59. The smallest absolute Gasteiger partial charge is 0.174 e. The zero-order valence-corrected chi connectivity index (χ0v) is 9.68. The molecule has 82 valence electrons. The Hall–Kier alpha value is -0.740. The van der Waals surface area contributed by atoms with Crippen LogP contribution in [0.15, 0.2) is 6.20 Å². The van der Waals surface area contributed by atoms with Crippen molar-refractivity contribution in [1.82, 2.24) is 4.98 Å². The van der Waals surface area contributed by atoms with Crippen LogP contribution in [0.1, 0.15) is 40.4 Å². The fraction of sp³-hybridized carbons (Fsp3) is 0.636. The molecule has 0 radical (unpaired) electrons. The summed E-state index contributed by atoms with van der Waals surface area (Å²) in [5.74, 6) is 0.205. The average Bonchev–Trinajstić information content (AvgIpc) is 2.84. The Bertz CT molecular complexity index is 342. The largest absolute Gasteiger partial charge is 0.378 e. The maximum Gasteiger partial charge on any atom is 0.174 e. The Morgan fingerprint density at radius 1 is 1.73 bits per heavy atom. The van der Waals surface area contributed by atoms with Crippen molar-refractivity contribution < 1.29 is 9.53 Å². The van der Waals surface area contributed by atoms with E-state index in [1.54, 1.807) is 6.20 Å². The monoisotopic (exact) mass is 225 g/mol. The normalized spacial score (nSPS) is 20.7. The standard InChI is InChI=1S/C11H15NO2S/c1-8-12-7-11(15-8)10(13)5-4-9-3-2-6-14-9/h7,9H,2-6H2,1H3. The van der Waals surface area contributed by atoms with Crippen molar-refractivity contribution in [2.45, 2.75) is 38.7 Å². The fourth-order valence-corrected chi connectivity index (χ4v) is 2.52. The van der Waals surface area contributed by atoms with E-state index in [2.05, 4.69) is 4.98 Å². The molecule has 0 amide bonds. The third kappa shape index (κ3) is 2.86. The fourth-order valence-electron chi connectivity index (χ4n) is 1.78. The van der Waals surface area contributed by atoms with E-state index < -0.39 is 0 Å². The first kappa shape index (κ1) is 10.8. The molecule has 1 atom stereocenters. The minimum Gasteiger partial charge on any atom is -0.378 e. The van der Waals surface area contributed by atoms with E-state index in [0.29, 0.717) is 12.5 Å². The van der Waals surface area contributed by atoms with Gasteiger partial charge in [-0.3, -0.25) is 4.79 Å². The molecule has 0 N–H and O–H groups in total. The molecule has 0 aliphatic carbocycles. The summed E-state index contributed by atoms with van der Waals surface area (Å²) in [5, 5.41) is 0.954. The van der Waals surface area contributed by atoms with Gasteiger partial charge in [-0.1, -0.05) is 0 Å². The number of rotatable bonds is 4. The van der Waals surface area contributed by atoms with Crippen LogP contribution in [0.5, 0.6) is 0 Å². The second-order valence-electron chi connectivity index (χ2n) is 3.84. The lowest BCUT2D eigenvalue weighted by atomic mass is 10.1. The molecular weight excluding hydrogens is 210 g/mol. The minimum atomic E-state index is 0.205. The molecule has 0 saturated carbocycles. The Kier molecular flexibility index (Phi) is 3.49. The van der Waals surface area contributed by atoms with E-state index in [1.165, 1.54) is 11.3 Å². The average molecular weight is 225 g/mol. The molecule has 1 aliphatic heterocycles. The highest BCUT2D eigenvalue weighted by Crippen LogP contribution is 2.20. The van der Waals surface area contributed by atoms with Gasteiger partial charge in [0.25, 0.3) is 0 Å². The van der Waals surface area contributed by atoms with Gasteiger partial charge in [0.15, 0.2) is 5.78 Å². The molecule has 15 heavy (non-hydrogen) atoms. The number of carbonyl (C=O) groups excluding carboxylic acids is 1. The summed E-state index contributed by atoms with van der Waals surface area (Å²) in [6, 6.07) is 0. The molecule has 2 rings (SSSR count). The number of thiazole rings is 1. The molecule has 1 aromatic rings. The first-order chi connectivity index (χ1) is 7.25. The second-order valence-corrected chi connectivity index (χ2v) is 5.08. The van der Waals surface area contributed by atoms with Gasteiger partial charge in [0.05, 0.1) is 16.0 Å². The first-order valence-corrected chi connectivity index (χ1v) is 6.14. The van der Waals surface area contributed by atoms with Gasteiger partial charge in [0.2, 0.25) is 0 Å². The maximum absolute atomic E-state index is 11.7. The van der Waals surface area contributed by atoms with Crippen LogP contribution in [0.2, 0.25) is 0 Å². The Balaban J connectivity index is 1.81. The minimum absolute atomic E-state index is 0.205. The van der Waals surface area contributed by atoms with E-state index in [1.807, 2.05) is 6.92 Å². The highest BCUT2D eigenvalue weighted by atomic mass is 32.1. The summed E-state index contributed by atoms with van der Waals surface area (Å²) in [4.78, 5) is 16.6. The van der Waals surface area contributed by atoms with Crippen molar-refractivity contribution in [3.63, 3.8) is 0 Å². The Morgan fingerprint density at radius 2 is 2.60 bits per heavy atom. The first-order valence-electron chi connectivity index (χ1n) is 5.33. The summed E-state index contributed by atoms with van der Waals surface area (Å²) in [5.41, 5.74) is 0. The molecule has 3 nitrogen and oxygen atoms in total. The van der Waals surface area contributed by atoms with Gasteiger partial charge in [-0.05, 0) is 26.2 Å². The van der Waals surface area contributed by atoms with Crippen molar-refractivity contribution in [3.05, 3.63) is 16.1 Å². The van der Waals surface area contributed by atoms with E-state index in [9.17, 15) is 4.79 Å². The van der Waals surface area contributed by atoms with E-state index >= 15 is 0 Å². The predicted molar refractivity (Wildman–Crippen MR) is 59.4 cm³/mol. The molecule has 1 aromatic heterocycles. The third-order valence-corrected chi connectivity index (χ3v) is 3.57. The van der Waals surface area contributed by atoms with Gasteiger partial charge in [0.1, 0.15) is 0 Å². The lowest BCUT2D eigenvalue weighted by Gasteiger charge is -2.06. The lowest BCUT2D eigenvalue weighted by Crippen LogP contribution is -2.08. The Morgan fingerprint density at radius 3 is 3.20 bits per heavy atom. The van der Waals surface area contributed by atoms with E-state index in [4.69, 9.17) is 4.74 Å². The summed E-state index contributed by atoms with van der Waals surface area (Å²) in [6.45, 7) is 2.78. The van der Waals surface area contributed by atoms with E-state index in [-0.39, 0.29) is 5.78 Å². The molecule has 0 aromatic carbocycles. The van der Waals surface area contributed by atoms with Crippen LogP contribution in [-0.2, 0) is 4.74 Å². The van der Waals surface area contributed by atoms with Gasteiger partial charge in [-0.25, -0.2) is 4.98 Å². The lowest BCUT2D eigenvalue weighted by molar-refractivity contribution is 0.0862.